The molecule has 6 nitrogen and oxygen atoms in total. The van der Waals surface area contributed by atoms with Crippen molar-refractivity contribution in [3.8, 4) is 0 Å². The number of carbonyl (C=O) groups is 1. The van der Waals surface area contributed by atoms with Gasteiger partial charge in [0.1, 0.15) is 5.82 Å². The van der Waals surface area contributed by atoms with E-state index in [-0.39, 0.29) is 41.1 Å². The SMILES string of the molecule is CN=C(NCC1(c2ccccc2F)CC1)N1CCN(CC(=O)N2CCCCC2)CC1.I. The summed E-state index contributed by atoms with van der Waals surface area (Å²) < 4.78 is 14.3. The van der Waals surface area contributed by atoms with Crippen molar-refractivity contribution in [2.75, 3.05) is 59.4 Å². The number of nitrogens with zero attached hydrogens (tertiary/aromatic N) is 4. The van der Waals surface area contributed by atoms with E-state index in [1.165, 1.54) is 6.42 Å². The third kappa shape index (κ3) is 5.88. The third-order valence-corrected chi connectivity index (χ3v) is 6.83. The molecule has 0 unspecified atom stereocenters. The first-order valence-corrected chi connectivity index (χ1v) is 11.3. The molecule has 8 heteroatoms. The first kappa shape index (κ1) is 24.2. The number of nitrogens with one attached hydrogen (secondary N) is 1. The predicted octanol–water partition coefficient (Wildman–Crippen LogP) is 2.68. The second-order valence-corrected chi connectivity index (χ2v) is 8.87. The lowest BCUT2D eigenvalue weighted by Crippen LogP contribution is -2.55. The Morgan fingerprint density at radius 2 is 1.71 bits per heavy atom. The van der Waals surface area contributed by atoms with Gasteiger partial charge in [-0.25, -0.2) is 4.39 Å². The number of amides is 1. The molecule has 2 aliphatic heterocycles. The summed E-state index contributed by atoms with van der Waals surface area (Å²) in [5, 5.41) is 3.49. The van der Waals surface area contributed by atoms with E-state index in [0.29, 0.717) is 13.1 Å². The monoisotopic (exact) mass is 543 g/mol. The Bertz CT molecular complexity index is 771. The molecule has 0 atom stereocenters. The number of aliphatic imine (C=N–C) groups is 1. The Morgan fingerprint density at radius 1 is 1.03 bits per heavy atom. The van der Waals surface area contributed by atoms with Crippen LogP contribution >= 0.6 is 24.0 Å². The molecule has 1 saturated carbocycles. The number of carbonyl (C=O) groups excluding carboxylic acids is 1. The number of rotatable bonds is 5. The molecular formula is C23H35FIN5O. The van der Waals surface area contributed by atoms with E-state index in [0.717, 1.165) is 76.5 Å². The van der Waals surface area contributed by atoms with Crippen LogP contribution in [0.2, 0.25) is 0 Å². The maximum Gasteiger partial charge on any atom is 0.236 e. The van der Waals surface area contributed by atoms with Crippen LogP contribution in [-0.2, 0) is 10.2 Å². The highest BCUT2D eigenvalue weighted by atomic mass is 127. The topological polar surface area (TPSA) is 51.2 Å². The van der Waals surface area contributed by atoms with Crippen molar-refractivity contribution in [2.45, 2.75) is 37.5 Å². The van der Waals surface area contributed by atoms with Gasteiger partial charge in [0.15, 0.2) is 5.96 Å². The van der Waals surface area contributed by atoms with Gasteiger partial charge in [-0.2, -0.15) is 0 Å². The summed E-state index contributed by atoms with van der Waals surface area (Å²) in [5.74, 6) is 1.03. The van der Waals surface area contributed by atoms with Gasteiger partial charge in [-0.05, 0) is 43.7 Å². The van der Waals surface area contributed by atoms with Crippen molar-refractivity contribution in [3.05, 3.63) is 35.6 Å². The van der Waals surface area contributed by atoms with Crippen LogP contribution in [0, 0.1) is 5.82 Å². The molecule has 0 aromatic heterocycles. The molecule has 1 N–H and O–H groups in total. The van der Waals surface area contributed by atoms with Crippen LogP contribution in [0.3, 0.4) is 0 Å². The van der Waals surface area contributed by atoms with Crippen molar-refractivity contribution >= 4 is 35.8 Å². The van der Waals surface area contributed by atoms with E-state index < -0.39 is 0 Å². The number of benzene rings is 1. The second-order valence-electron chi connectivity index (χ2n) is 8.87. The molecule has 172 valence electrons. The number of halogens is 2. The molecule has 3 aliphatic rings. The number of hydrogen-bond donors (Lipinski definition) is 1. The fourth-order valence-corrected chi connectivity index (χ4v) is 4.72. The molecular weight excluding hydrogens is 508 g/mol. The Hall–Kier alpha value is -1.42. The molecule has 1 aliphatic carbocycles. The van der Waals surface area contributed by atoms with Gasteiger partial charge in [0, 0.05) is 58.3 Å². The number of likely N-dealkylation sites (tertiary alicyclic amines) is 1. The molecule has 0 radical (unpaired) electrons. The van der Waals surface area contributed by atoms with Crippen molar-refractivity contribution in [1.82, 2.24) is 20.0 Å². The average molecular weight is 543 g/mol. The number of guanidine groups is 1. The number of hydrogen-bond acceptors (Lipinski definition) is 3. The number of piperidine rings is 1. The lowest BCUT2D eigenvalue weighted by molar-refractivity contribution is -0.133. The summed E-state index contributed by atoms with van der Waals surface area (Å²) in [4.78, 5) is 23.5. The highest BCUT2D eigenvalue weighted by Gasteiger charge is 2.46. The quantitative estimate of drug-likeness (QED) is 0.353. The maximum absolute atomic E-state index is 14.3. The zero-order chi connectivity index (χ0) is 21.0. The van der Waals surface area contributed by atoms with Gasteiger partial charge in [-0.1, -0.05) is 18.2 Å². The number of piperazine rings is 1. The Kier molecular flexibility index (Phi) is 8.55. The Balaban J connectivity index is 0.00000272. The smallest absolute Gasteiger partial charge is 0.236 e. The summed E-state index contributed by atoms with van der Waals surface area (Å²) >= 11 is 0. The van der Waals surface area contributed by atoms with Gasteiger partial charge >= 0.3 is 0 Å². The standard InChI is InChI=1S/C23H34FN5O.HI/c1-25-22(26-18-23(9-10-23)19-7-3-4-8-20(19)24)29-15-13-27(14-16-29)17-21(30)28-11-5-2-6-12-28;/h3-4,7-8H,2,5-6,9-18H2,1H3,(H,25,26);1H. The van der Waals surface area contributed by atoms with Crippen LogP contribution in [0.1, 0.15) is 37.7 Å². The fourth-order valence-electron chi connectivity index (χ4n) is 4.72. The van der Waals surface area contributed by atoms with Gasteiger partial charge in [0.05, 0.1) is 6.54 Å². The van der Waals surface area contributed by atoms with Crippen LogP contribution in [0.4, 0.5) is 4.39 Å². The lowest BCUT2D eigenvalue weighted by atomic mass is 9.95. The molecule has 31 heavy (non-hydrogen) atoms. The lowest BCUT2D eigenvalue weighted by Gasteiger charge is -2.37. The van der Waals surface area contributed by atoms with Crippen LogP contribution in [0.25, 0.3) is 0 Å². The van der Waals surface area contributed by atoms with Crippen LogP contribution in [0.15, 0.2) is 29.3 Å². The summed E-state index contributed by atoms with van der Waals surface area (Å²) in [6, 6.07) is 7.12. The first-order chi connectivity index (χ1) is 14.6. The minimum Gasteiger partial charge on any atom is -0.355 e. The molecule has 1 aromatic carbocycles. The highest BCUT2D eigenvalue weighted by Crippen LogP contribution is 2.48. The molecule has 2 saturated heterocycles. The largest absolute Gasteiger partial charge is 0.355 e. The van der Waals surface area contributed by atoms with Crippen molar-refractivity contribution in [2.24, 2.45) is 4.99 Å². The van der Waals surface area contributed by atoms with E-state index in [2.05, 4.69) is 20.1 Å². The second kappa shape index (κ2) is 10.9. The van der Waals surface area contributed by atoms with Crippen LogP contribution < -0.4 is 5.32 Å². The van der Waals surface area contributed by atoms with Crippen LogP contribution in [-0.4, -0.2) is 86.0 Å². The average Bonchev–Trinajstić information content (AvgIpc) is 3.57. The summed E-state index contributed by atoms with van der Waals surface area (Å²) in [6.45, 7) is 6.47. The molecule has 2 heterocycles. The van der Waals surface area contributed by atoms with Gasteiger partial charge in [0.25, 0.3) is 0 Å². The van der Waals surface area contributed by atoms with E-state index in [4.69, 9.17) is 0 Å². The molecule has 1 aromatic rings. The molecule has 4 rings (SSSR count). The van der Waals surface area contributed by atoms with Gasteiger partial charge in [-0.15, -0.1) is 24.0 Å². The van der Waals surface area contributed by atoms with Crippen molar-refractivity contribution in [3.63, 3.8) is 0 Å². The molecule has 0 bridgehead atoms. The normalized spacial score (nSPS) is 21.4. The summed E-state index contributed by atoms with van der Waals surface area (Å²) in [6.07, 6.45) is 5.52. The maximum atomic E-state index is 14.3. The third-order valence-electron chi connectivity index (χ3n) is 6.83. The van der Waals surface area contributed by atoms with Gasteiger partial charge in [-0.3, -0.25) is 14.7 Å². The minimum absolute atomic E-state index is 0. The Morgan fingerprint density at radius 3 is 2.32 bits per heavy atom. The highest BCUT2D eigenvalue weighted by molar-refractivity contribution is 14.0. The first-order valence-electron chi connectivity index (χ1n) is 11.3. The fraction of sp³-hybridized carbons (Fsp3) is 0.652. The summed E-state index contributed by atoms with van der Waals surface area (Å²) in [7, 11) is 1.80. The van der Waals surface area contributed by atoms with Crippen LogP contribution in [0.5, 0.6) is 0 Å². The summed E-state index contributed by atoms with van der Waals surface area (Å²) in [5.41, 5.74) is 0.707. The minimum atomic E-state index is -0.112. The molecule has 0 spiro atoms. The van der Waals surface area contributed by atoms with Crippen molar-refractivity contribution in [1.29, 1.82) is 0 Å². The van der Waals surface area contributed by atoms with E-state index in [1.54, 1.807) is 19.2 Å². The van der Waals surface area contributed by atoms with E-state index in [1.807, 2.05) is 17.0 Å². The molecule has 3 fully saturated rings. The van der Waals surface area contributed by atoms with Gasteiger partial charge < -0.3 is 15.1 Å². The zero-order valence-corrected chi connectivity index (χ0v) is 20.8. The predicted molar refractivity (Wildman–Crippen MR) is 133 cm³/mol. The van der Waals surface area contributed by atoms with Gasteiger partial charge in [0.2, 0.25) is 5.91 Å². The molecule has 1 amide bonds. The Labute approximate surface area is 202 Å². The zero-order valence-electron chi connectivity index (χ0n) is 18.5. The van der Waals surface area contributed by atoms with E-state index >= 15 is 0 Å². The van der Waals surface area contributed by atoms with E-state index in [9.17, 15) is 9.18 Å². The van der Waals surface area contributed by atoms with Crippen molar-refractivity contribution < 1.29 is 9.18 Å².